The van der Waals surface area contributed by atoms with Gasteiger partial charge in [-0.15, -0.1) is 0 Å². The van der Waals surface area contributed by atoms with E-state index >= 15 is 0 Å². The van der Waals surface area contributed by atoms with E-state index in [4.69, 9.17) is 0 Å². The van der Waals surface area contributed by atoms with Crippen molar-refractivity contribution in [3.8, 4) is 0 Å². The molecule has 0 spiro atoms. The summed E-state index contributed by atoms with van der Waals surface area (Å²) >= 11 is 0. The second kappa shape index (κ2) is 7.66. The van der Waals surface area contributed by atoms with Gasteiger partial charge >= 0.3 is 0 Å². The molecule has 1 aliphatic heterocycles. The monoisotopic (exact) mass is 260 g/mol. The summed E-state index contributed by atoms with van der Waals surface area (Å²) in [4.78, 5) is 2.49. The molecule has 1 fully saturated rings. The predicted molar refractivity (Wildman–Crippen MR) is 82.6 cm³/mol. The second-order valence-electron chi connectivity index (χ2n) is 6.01. The summed E-state index contributed by atoms with van der Waals surface area (Å²) in [6.45, 7) is 5.93. The first-order valence-corrected chi connectivity index (χ1v) is 7.72. The van der Waals surface area contributed by atoms with Gasteiger partial charge in [-0.3, -0.25) is 0 Å². The summed E-state index contributed by atoms with van der Waals surface area (Å²) in [6.07, 6.45) is 5.34. The number of hydrogen-bond acceptors (Lipinski definition) is 2. The van der Waals surface area contributed by atoms with Crippen molar-refractivity contribution < 1.29 is 0 Å². The second-order valence-corrected chi connectivity index (χ2v) is 6.01. The van der Waals surface area contributed by atoms with Gasteiger partial charge in [0.05, 0.1) is 0 Å². The Kier molecular flexibility index (Phi) is 5.87. The number of nitrogens with zero attached hydrogens (tertiary/aromatic N) is 1. The maximum Gasteiger partial charge on any atom is 0.0194 e. The van der Waals surface area contributed by atoms with Gasteiger partial charge in [-0.1, -0.05) is 43.7 Å². The third kappa shape index (κ3) is 4.96. The maximum absolute atomic E-state index is 3.63. The van der Waals surface area contributed by atoms with E-state index in [-0.39, 0.29) is 0 Å². The molecular weight excluding hydrogens is 232 g/mol. The molecule has 2 atom stereocenters. The molecule has 0 radical (unpaired) electrons. The molecule has 0 bridgehead atoms. The van der Waals surface area contributed by atoms with E-state index in [2.05, 4.69) is 54.5 Å². The first-order valence-electron chi connectivity index (χ1n) is 7.72. The number of benzene rings is 1. The van der Waals surface area contributed by atoms with E-state index in [1.807, 2.05) is 0 Å². The van der Waals surface area contributed by atoms with Crippen LogP contribution in [0.15, 0.2) is 30.3 Å². The molecule has 1 heterocycles. The fraction of sp³-hybridized carbons (Fsp3) is 0.647. The molecule has 2 unspecified atom stereocenters. The summed E-state index contributed by atoms with van der Waals surface area (Å²) in [7, 11) is 2.26. The fourth-order valence-corrected chi connectivity index (χ4v) is 2.91. The van der Waals surface area contributed by atoms with Crippen LogP contribution in [-0.2, 0) is 0 Å². The standard InChI is InChI=1S/C17H28N2/c1-15(16-8-4-3-5-9-16)11-13-19(2)14-17-10-6-7-12-18-17/h3-5,8-9,15,17-18H,6-7,10-14H2,1-2H3. The third-order valence-corrected chi connectivity index (χ3v) is 4.26. The lowest BCUT2D eigenvalue weighted by Crippen LogP contribution is -2.42. The highest BCUT2D eigenvalue weighted by Crippen LogP contribution is 2.18. The van der Waals surface area contributed by atoms with Crippen molar-refractivity contribution in [3.63, 3.8) is 0 Å². The van der Waals surface area contributed by atoms with Crippen molar-refractivity contribution in [1.29, 1.82) is 0 Å². The van der Waals surface area contributed by atoms with Crippen LogP contribution in [0.1, 0.15) is 44.1 Å². The normalized spacial score (nSPS) is 21.5. The molecule has 2 heteroatoms. The minimum Gasteiger partial charge on any atom is -0.313 e. The van der Waals surface area contributed by atoms with Gasteiger partial charge in [0.1, 0.15) is 0 Å². The van der Waals surface area contributed by atoms with Crippen molar-refractivity contribution in [1.82, 2.24) is 10.2 Å². The van der Waals surface area contributed by atoms with E-state index in [1.54, 1.807) is 0 Å². The minimum atomic E-state index is 0.656. The topological polar surface area (TPSA) is 15.3 Å². The molecule has 2 nitrogen and oxygen atoms in total. The lowest BCUT2D eigenvalue weighted by atomic mass is 9.97. The van der Waals surface area contributed by atoms with Gasteiger partial charge in [-0.2, -0.15) is 0 Å². The molecule has 19 heavy (non-hydrogen) atoms. The quantitative estimate of drug-likeness (QED) is 0.844. The third-order valence-electron chi connectivity index (χ3n) is 4.26. The zero-order chi connectivity index (χ0) is 13.5. The number of nitrogens with one attached hydrogen (secondary N) is 1. The average Bonchev–Trinajstić information content (AvgIpc) is 2.47. The highest BCUT2D eigenvalue weighted by molar-refractivity contribution is 5.18. The van der Waals surface area contributed by atoms with Crippen LogP contribution in [0, 0.1) is 0 Å². The van der Waals surface area contributed by atoms with E-state index < -0.39 is 0 Å². The Balaban J connectivity index is 1.69. The van der Waals surface area contributed by atoms with Crippen molar-refractivity contribution >= 4 is 0 Å². The van der Waals surface area contributed by atoms with Crippen LogP contribution in [0.5, 0.6) is 0 Å². The van der Waals surface area contributed by atoms with E-state index in [0.29, 0.717) is 12.0 Å². The largest absolute Gasteiger partial charge is 0.313 e. The van der Waals surface area contributed by atoms with Gasteiger partial charge in [0.2, 0.25) is 0 Å². The van der Waals surface area contributed by atoms with Crippen molar-refractivity contribution in [2.45, 2.75) is 44.6 Å². The van der Waals surface area contributed by atoms with Crippen molar-refractivity contribution in [2.24, 2.45) is 0 Å². The molecule has 1 saturated heterocycles. The molecular formula is C17H28N2. The SMILES string of the molecule is CC(CCN(C)CC1CCCCN1)c1ccccc1. The summed E-state index contributed by atoms with van der Waals surface area (Å²) in [6, 6.07) is 11.6. The number of rotatable bonds is 6. The zero-order valence-electron chi connectivity index (χ0n) is 12.4. The average molecular weight is 260 g/mol. The number of piperidine rings is 1. The van der Waals surface area contributed by atoms with Gasteiger partial charge in [0.15, 0.2) is 0 Å². The van der Waals surface area contributed by atoms with Gasteiger partial charge in [-0.25, -0.2) is 0 Å². The number of hydrogen-bond donors (Lipinski definition) is 1. The summed E-state index contributed by atoms with van der Waals surface area (Å²) in [5.74, 6) is 0.656. The Morgan fingerprint density at radius 2 is 2.05 bits per heavy atom. The summed E-state index contributed by atoms with van der Waals surface area (Å²) in [5, 5.41) is 3.63. The van der Waals surface area contributed by atoms with E-state index in [9.17, 15) is 0 Å². The van der Waals surface area contributed by atoms with Crippen LogP contribution in [0.4, 0.5) is 0 Å². The van der Waals surface area contributed by atoms with Gasteiger partial charge in [0, 0.05) is 12.6 Å². The molecule has 1 N–H and O–H groups in total. The van der Waals surface area contributed by atoms with Crippen LogP contribution in [0.2, 0.25) is 0 Å². The molecule has 0 aromatic heterocycles. The smallest absolute Gasteiger partial charge is 0.0194 e. The zero-order valence-corrected chi connectivity index (χ0v) is 12.4. The van der Waals surface area contributed by atoms with Crippen LogP contribution < -0.4 is 5.32 Å². The molecule has 0 saturated carbocycles. The van der Waals surface area contributed by atoms with E-state index in [1.165, 1.54) is 50.9 Å². The maximum atomic E-state index is 3.63. The van der Waals surface area contributed by atoms with Crippen LogP contribution in [0.3, 0.4) is 0 Å². The van der Waals surface area contributed by atoms with Gasteiger partial charge < -0.3 is 10.2 Å². The fourth-order valence-electron chi connectivity index (χ4n) is 2.91. The Morgan fingerprint density at radius 1 is 1.26 bits per heavy atom. The lowest BCUT2D eigenvalue weighted by molar-refractivity contribution is 0.256. The Bertz CT molecular complexity index is 344. The molecule has 1 aliphatic rings. The molecule has 1 aromatic carbocycles. The predicted octanol–water partition coefficient (Wildman–Crippen LogP) is 3.25. The van der Waals surface area contributed by atoms with Crippen LogP contribution >= 0.6 is 0 Å². The molecule has 0 aliphatic carbocycles. The molecule has 106 valence electrons. The molecule has 1 aromatic rings. The minimum absolute atomic E-state index is 0.656. The van der Waals surface area contributed by atoms with Gasteiger partial charge in [0.25, 0.3) is 0 Å². The highest BCUT2D eigenvalue weighted by Gasteiger charge is 2.15. The molecule has 2 rings (SSSR count). The lowest BCUT2D eigenvalue weighted by Gasteiger charge is -2.28. The first-order chi connectivity index (χ1) is 9.25. The van der Waals surface area contributed by atoms with E-state index in [0.717, 1.165) is 0 Å². The van der Waals surface area contributed by atoms with Gasteiger partial charge in [-0.05, 0) is 50.9 Å². The number of likely N-dealkylation sites (N-methyl/N-ethyl adjacent to an activating group) is 1. The van der Waals surface area contributed by atoms with Crippen LogP contribution in [0.25, 0.3) is 0 Å². The highest BCUT2D eigenvalue weighted by atomic mass is 15.1. The van der Waals surface area contributed by atoms with Crippen molar-refractivity contribution in [3.05, 3.63) is 35.9 Å². The summed E-state index contributed by atoms with van der Waals surface area (Å²) < 4.78 is 0. The van der Waals surface area contributed by atoms with Crippen molar-refractivity contribution in [2.75, 3.05) is 26.7 Å². The Labute approximate surface area is 118 Å². The Hall–Kier alpha value is -0.860. The Morgan fingerprint density at radius 3 is 2.74 bits per heavy atom. The summed E-state index contributed by atoms with van der Waals surface area (Å²) in [5.41, 5.74) is 1.46. The first kappa shape index (κ1) is 14.5. The van der Waals surface area contributed by atoms with Crippen LogP contribution in [-0.4, -0.2) is 37.6 Å². The molecule has 0 amide bonds.